The Labute approximate surface area is 179 Å². The summed E-state index contributed by atoms with van der Waals surface area (Å²) in [4.78, 5) is 30.7. The average molecular weight is 420 g/mol. The van der Waals surface area contributed by atoms with Crippen molar-refractivity contribution in [2.24, 2.45) is 5.73 Å². The van der Waals surface area contributed by atoms with Gasteiger partial charge in [0.15, 0.2) is 0 Å². The summed E-state index contributed by atoms with van der Waals surface area (Å²) in [5.41, 5.74) is 6.93. The molecule has 3 aromatic rings. The summed E-state index contributed by atoms with van der Waals surface area (Å²) in [6.45, 7) is 2.03. The van der Waals surface area contributed by atoms with E-state index in [1.165, 1.54) is 6.42 Å². The summed E-state index contributed by atoms with van der Waals surface area (Å²) in [6.07, 6.45) is 3.46. The zero-order chi connectivity index (χ0) is 21.6. The van der Waals surface area contributed by atoms with Gasteiger partial charge >= 0.3 is 0 Å². The summed E-state index contributed by atoms with van der Waals surface area (Å²) in [6, 6.07) is 13.8. The van der Waals surface area contributed by atoms with Gasteiger partial charge in [0.25, 0.3) is 11.8 Å². The number of aromatic amines is 1. The van der Waals surface area contributed by atoms with Gasteiger partial charge in [-0.3, -0.25) is 14.9 Å². The van der Waals surface area contributed by atoms with Crippen LogP contribution in [0.15, 0.2) is 48.5 Å². The number of hydrogen-bond donors (Lipinski definition) is 3. The van der Waals surface area contributed by atoms with E-state index in [-0.39, 0.29) is 12.5 Å². The highest BCUT2D eigenvalue weighted by atomic mass is 16.5. The molecular weight excluding hydrogens is 396 g/mol. The minimum atomic E-state index is -0.556. The second kappa shape index (κ2) is 9.29. The van der Waals surface area contributed by atoms with Gasteiger partial charge in [0.05, 0.1) is 5.56 Å². The van der Waals surface area contributed by atoms with Gasteiger partial charge in [-0.05, 0) is 49.1 Å². The number of nitrogens with zero attached hydrogens (tertiary/aromatic N) is 3. The van der Waals surface area contributed by atoms with Crippen molar-refractivity contribution in [1.82, 2.24) is 15.2 Å². The molecule has 0 aliphatic carbocycles. The molecule has 1 aliphatic rings. The molecule has 0 unspecified atom stereocenters. The van der Waals surface area contributed by atoms with Gasteiger partial charge in [0.2, 0.25) is 11.9 Å². The number of benzene rings is 2. The second-order valence-corrected chi connectivity index (χ2v) is 7.34. The molecule has 1 aromatic heterocycles. The summed E-state index contributed by atoms with van der Waals surface area (Å²) >= 11 is 0. The number of rotatable bonds is 7. The second-order valence-electron chi connectivity index (χ2n) is 7.34. The number of primary amides is 1. The maximum atomic E-state index is 12.7. The third-order valence-electron chi connectivity index (χ3n) is 5.08. The molecule has 2 heterocycles. The molecule has 2 aromatic carbocycles. The number of H-pyrrole nitrogens is 1. The number of hydrogen-bond acceptors (Lipinski definition) is 6. The normalized spacial score (nSPS) is 13.6. The Balaban J connectivity index is 1.39. The summed E-state index contributed by atoms with van der Waals surface area (Å²) in [5.74, 6) is 0.449. The molecule has 0 atom stereocenters. The Morgan fingerprint density at radius 1 is 1.10 bits per heavy atom. The maximum absolute atomic E-state index is 12.7. The first-order chi connectivity index (χ1) is 15.1. The molecule has 0 radical (unpaired) electrons. The van der Waals surface area contributed by atoms with Crippen molar-refractivity contribution in [1.29, 1.82) is 0 Å². The molecule has 31 heavy (non-hydrogen) atoms. The molecule has 1 aliphatic heterocycles. The number of para-hydroxylation sites is 1. The van der Waals surface area contributed by atoms with E-state index in [2.05, 4.69) is 25.4 Å². The van der Waals surface area contributed by atoms with Crippen molar-refractivity contribution in [3.63, 3.8) is 0 Å². The lowest BCUT2D eigenvalue weighted by molar-refractivity contribution is 0.0994. The monoisotopic (exact) mass is 420 g/mol. The number of nitrogens with two attached hydrogens (primary N) is 1. The van der Waals surface area contributed by atoms with Crippen LogP contribution in [0.4, 0.5) is 11.9 Å². The SMILES string of the molecule is NC(=O)c1ccccc1OCc1cccc(C(=O)Nc2nc(N3CCCCC3)n[nH]2)c1. The highest BCUT2D eigenvalue weighted by Crippen LogP contribution is 2.20. The number of anilines is 2. The number of carbonyl (C=O) groups is 2. The van der Waals surface area contributed by atoms with Crippen LogP contribution in [-0.4, -0.2) is 40.1 Å². The number of piperidine rings is 1. The molecule has 9 heteroatoms. The van der Waals surface area contributed by atoms with Crippen molar-refractivity contribution < 1.29 is 14.3 Å². The van der Waals surface area contributed by atoms with Crippen LogP contribution < -0.4 is 20.7 Å². The number of aromatic nitrogens is 3. The quantitative estimate of drug-likeness (QED) is 0.539. The van der Waals surface area contributed by atoms with Gasteiger partial charge in [0.1, 0.15) is 12.4 Å². The fourth-order valence-electron chi connectivity index (χ4n) is 3.48. The van der Waals surface area contributed by atoms with Crippen LogP contribution in [0.25, 0.3) is 0 Å². The van der Waals surface area contributed by atoms with Gasteiger partial charge in [-0.25, -0.2) is 5.10 Å². The molecule has 0 bridgehead atoms. The molecule has 1 fully saturated rings. The number of ether oxygens (including phenoxy) is 1. The number of amides is 2. The van der Waals surface area contributed by atoms with Crippen LogP contribution in [0.1, 0.15) is 45.5 Å². The van der Waals surface area contributed by atoms with Crippen molar-refractivity contribution in [2.75, 3.05) is 23.3 Å². The van der Waals surface area contributed by atoms with Crippen LogP contribution >= 0.6 is 0 Å². The fraction of sp³-hybridized carbons (Fsp3) is 0.273. The van der Waals surface area contributed by atoms with Gasteiger partial charge in [-0.15, -0.1) is 5.10 Å². The van der Waals surface area contributed by atoms with Crippen LogP contribution in [0.3, 0.4) is 0 Å². The van der Waals surface area contributed by atoms with E-state index >= 15 is 0 Å². The Bertz CT molecular complexity index is 1070. The van der Waals surface area contributed by atoms with E-state index in [1.807, 2.05) is 6.07 Å². The number of nitrogens with one attached hydrogen (secondary N) is 2. The summed E-state index contributed by atoms with van der Waals surface area (Å²) in [5, 5.41) is 9.73. The van der Waals surface area contributed by atoms with Crippen LogP contribution in [0.2, 0.25) is 0 Å². The predicted molar refractivity (Wildman–Crippen MR) is 116 cm³/mol. The van der Waals surface area contributed by atoms with Crippen molar-refractivity contribution >= 4 is 23.7 Å². The smallest absolute Gasteiger partial charge is 0.258 e. The highest BCUT2D eigenvalue weighted by molar-refractivity contribution is 6.03. The summed E-state index contributed by atoms with van der Waals surface area (Å²) < 4.78 is 5.74. The van der Waals surface area contributed by atoms with Crippen LogP contribution in [0, 0.1) is 0 Å². The van der Waals surface area contributed by atoms with Crippen molar-refractivity contribution in [3.05, 3.63) is 65.2 Å². The third kappa shape index (κ3) is 5.00. The minimum Gasteiger partial charge on any atom is -0.488 e. The van der Waals surface area contributed by atoms with Gasteiger partial charge < -0.3 is 15.4 Å². The first kappa shape index (κ1) is 20.4. The maximum Gasteiger partial charge on any atom is 0.258 e. The van der Waals surface area contributed by atoms with Gasteiger partial charge in [-0.2, -0.15) is 4.98 Å². The first-order valence-electron chi connectivity index (χ1n) is 10.2. The lowest BCUT2D eigenvalue weighted by atomic mass is 10.1. The van der Waals surface area contributed by atoms with E-state index in [1.54, 1.807) is 42.5 Å². The highest BCUT2D eigenvalue weighted by Gasteiger charge is 2.17. The van der Waals surface area contributed by atoms with Gasteiger partial charge in [-0.1, -0.05) is 24.3 Å². The Kier molecular flexibility index (Phi) is 6.11. The van der Waals surface area contributed by atoms with E-state index in [0.717, 1.165) is 31.5 Å². The van der Waals surface area contributed by atoms with E-state index in [4.69, 9.17) is 10.5 Å². The number of carbonyl (C=O) groups excluding carboxylic acids is 2. The fourth-order valence-corrected chi connectivity index (χ4v) is 3.48. The molecular formula is C22H24N6O3. The standard InChI is InChI=1S/C22H24N6O3/c23-19(29)17-9-2-3-10-18(17)31-14-15-7-6-8-16(13-15)20(30)24-21-25-22(27-26-21)28-11-4-1-5-12-28/h2-3,6-10,13H,1,4-5,11-12,14H2,(H2,23,29)(H2,24,25,26,27,30). The largest absolute Gasteiger partial charge is 0.488 e. The lowest BCUT2D eigenvalue weighted by Crippen LogP contribution is -2.30. The molecule has 4 N–H and O–H groups in total. The van der Waals surface area contributed by atoms with Crippen LogP contribution in [0.5, 0.6) is 5.75 Å². The topological polar surface area (TPSA) is 126 Å². The minimum absolute atomic E-state index is 0.187. The molecule has 0 spiro atoms. The molecule has 160 valence electrons. The van der Waals surface area contributed by atoms with Crippen molar-refractivity contribution in [2.45, 2.75) is 25.9 Å². The first-order valence-corrected chi connectivity index (χ1v) is 10.2. The Morgan fingerprint density at radius 3 is 2.71 bits per heavy atom. The third-order valence-corrected chi connectivity index (χ3v) is 5.08. The van der Waals surface area contributed by atoms with E-state index < -0.39 is 5.91 Å². The van der Waals surface area contributed by atoms with E-state index in [9.17, 15) is 9.59 Å². The molecule has 4 rings (SSSR count). The Hall–Kier alpha value is -3.88. The summed E-state index contributed by atoms with van der Waals surface area (Å²) in [7, 11) is 0. The molecule has 2 amide bonds. The lowest BCUT2D eigenvalue weighted by Gasteiger charge is -2.24. The molecule has 9 nitrogen and oxygen atoms in total. The van der Waals surface area contributed by atoms with Crippen LogP contribution in [-0.2, 0) is 6.61 Å². The zero-order valence-corrected chi connectivity index (χ0v) is 17.0. The predicted octanol–water partition coefficient (Wildman–Crippen LogP) is 2.73. The van der Waals surface area contributed by atoms with E-state index in [0.29, 0.717) is 28.8 Å². The Morgan fingerprint density at radius 2 is 1.90 bits per heavy atom. The van der Waals surface area contributed by atoms with Gasteiger partial charge in [0, 0.05) is 18.7 Å². The van der Waals surface area contributed by atoms with Crippen molar-refractivity contribution in [3.8, 4) is 5.75 Å². The molecule has 1 saturated heterocycles. The zero-order valence-electron chi connectivity index (χ0n) is 17.0. The average Bonchev–Trinajstić information content (AvgIpc) is 3.27. The molecule has 0 saturated carbocycles.